The summed E-state index contributed by atoms with van der Waals surface area (Å²) < 4.78 is 5.50. The lowest BCUT2D eigenvalue weighted by Crippen LogP contribution is -2.38. The van der Waals surface area contributed by atoms with Gasteiger partial charge in [0.15, 0.2) is 5.96 Å². The van der Waals surface area contributed by atoms with Gasteiger partial charge in [0.1, 0.15) is 5.75 Å². The first-order chi connectivity index (χ1) is 13.2. The minimum atomic E-state index is 0. The average Bonchev–Trinajstić information content (AvgIpc) is 2.70. The van der Waals surface area contributed by atoms with Gasteiger partial charge in [0, 0.05) is 32.2 Å². The molecule has 0 saturated carbocycles. The molecule has 0 aliphatic carbocycles. The summed E-state index contributed by atoms with van der Waals surface area (Å²) in [6, 6.07) is 18.5. The Morgan fingerprint density at radius 2 is 1.86 bits per heavy atom. The highest BCUT2D eigenvalue weighted by molar-refractivity contribution is 14.0. The largest absolute Gasteiger partial charge is 0.494 e. The zero-order valence-electron chi connectivity index (χ0n) is 16.6. The van der Waals surface area contributed by atoms with Gasteiger partial charge in [0.05, 0.1) is 18.8 Å². The first kappa shape index (κ1) is 21.9. The third-order valence-corrected chi connectivity index (χ3v) is 4.40. The number of rotatable bonds is 6. The smallest absolute Gasteiger partial charge is 0.194 e. The molecule has 0 aliphatic heterocycles. The summed E-state index contributed by atoms with van der Waals surface area (Å²) in [6.45, 7) is 4.05. The van der Waals surface area contributed by atoms with Crippen molar-refractivity contribution in [2.24, 2.45) is 4.99 Å². The Morgan fingerprint density at radius 1 is 1.11 bits per heavy atom. The predicted octanol–water partition coefficient (Wildman–Crippen LogP) is 4.46. The van der Waals surface area contributed by atoms with Crippen LogP contribution in [0.4, 0.5) is 0 Å². The maximum absolute atomic E-state index is 5.50. The fraction of sp³-hybridized carbons (Fsp3) is 0.273. The molecule has 0 saturated heterocycles. The van der Waals surface area contributed by atoms with Crippen LogP contribution in [0.5, 0.6) is 5.75 Å². The predicted molar refractivity (Wildman–Crippen MR) is 126 cm³/mol. The molecular weight excluding hydrogens is 463 g/mol. The summed E-state index contributed by atoms with van der Waals surface area (Å²) in [5.41, 5.74) is 2.22. The van der Waals surface area contributed by atoms with Gasteiger partial charge in [-0.05, 0) is 36.1 Å². The first-order valence-corrected chi connectivity index (χ1v) is 9.17. The van der Waals surface area contributed by atoms with Crippen molar-refractivity contribution in [1.82, 2.24) is 15.2 Å². The van der Waals surface area contributed by atoms with Gasteiger partial charge in [0.25, 0.3) is 0 Å². The maximum Gasteiger partial charge on any atom is 0.194 e. The normalized spacial score (nSPS) is 11.0. The van der Waals surface area contributed by atoms with Gasteiger partial charge in [0.2, 0.25) is 0 Å². The number of benzene rings is 2. The number of aromatic nitrogens is 1. The molecular formula is C22H27IN4O. The maximum atomic E-state index is 5.50. The summed E-state index contributed by atoms with van der Waals surface area (Å²) in [7, 11) is 3.83. The van der Waals surface area contributed by atoms with Gasteiger partial charge < -0.3 is 15.0 Å². The minimum Gasteiger partial charge on any atom is -0.494 e. The zero-order valence-corrected chi connectivity index (χ0v) is 18.9. The molecule has 1 aromatic heterocycles. The Morgan fingerprint density at radius 3 is 2.57 bits per heavy atom. The molecule has 0 atom stereocenters. The molecule has 0 radical (unpaired) electrons. The Labute approximate surface area is 183 Å². The first-order valence-electron chi connectivity index (χ1n) is 9.17. The van der Waals surface area contributed by atoms with Crippen LogP contribution in [-0.4, -0.2) is 36.5 Å². The number of aliphatic imine (C=N–C) groups is 1. The van der Waals surface area contributed by atoms with Crippen LogP contribution in [0.2, 0.25) is 0 Å². The molecule has 0 aliphatic rings. The summed E-state index contributed by atoms with van der Waals surface area (Å²) >= 11 is 0. The van der Waals surface area contributed by atoms with E-state index in [1.165, 1.54) is 10.9 Å². The Bertz CT molecular complexity index is 907. The fourth-order valence-corrected chi connectivity index (χ4v) is 3.08. The molecule has 0 spiro atoms. The molecule has 0 fully saturated rings. The molecule has 2 aromatic carbocycles. The number of guanidine groups is 1. The van der Waals surface area contributed by atoms with Gasteiger partial charge in [-0.1, -0.05) is 36.4 Å². The highest BCUT2D eigenvalue weighted by Gasteiger charge is 2.09. The van der Waals surface area contributed by atoms with E-state index in [1.807, 2.05) is 50.5 Å². The number of halogens is 1. The number of nitrogens with one attached hydrogen (secondary N) is 1. The van der Waals surface area contributed by atoms with E-state index in [4.69, 9.17) is 4.74 Å². The lowest BCUT2D eigenvalue weighted by Gasteiger charge is -2.22. The monoisotopic (exact) mass is 490 g/mol. The SMILES string of the molecule is CCOc1ccc(CN(C)C(=NC)NCc2nccc3ccccc23)cc1.I. The molecule has 3 aromatic rings. The van der Waals surface area contributed by atoms with Gasteiger partial charge in [-0.25, -0.2) is 0 Å². The van der Waals surface area contributed by atoms with Crippen LogP contribution in [0, 0.1) is 0 Å². The van der Waals surface area contributed by atoms with E-state index in [-0.39, 0.29) is 24.0 Å². The highest BCUT2D eigenvalue weighted by atomic mass is 127. The van der Waals surface area contributed by atoms with Gasteiger partial charge in [-0.3, -0.25) is 9.98 Å². The molecule has 6 heteroatoms. The van der Waals surface area contributed by atoms with Gasteiger partial charge >= 0.3 is 0 Å². The number of nitrogens with zero attached hydrogens (tertiary/aromatic N) is 3. The van der Waals surface area contributed by atoms with Gasteiger partial charge in [-0.2, -0.15) is 0 Å². The number of pyridine rings is 1. The quantitative estimate of drug-likeness (QED) is 0.315. The van der Waals surface area contributed by atoms with Crippen molar-refractivity contribution in [2.45, 2.75) is 20.0 Å². The van der Waals surface area contributed by atoms with Crippen molar-refractivity contribution in [2.75, 3.05) is 20.7 Å². The van der Waals surface area contributed by atoms with E-state index in [9.17, 15) is 0 Å². The lowest BCUT2D eigenvalue weighted by molar-refractivity contribution is 0.340. The van der Waals surface area contributed by atoms with Crippen LogP contribution in [0.25, 0.3) is 10.8 Å². The molecule has 28 heavy (non-hydrogen) atoms. The van der Waals surface area contributed by atoms with Crippen LogP contribution >= 0.6 is 24.0 Å². The van der Waals surface area contributed by atoms with E-state index >= 15 is 0 Å². The summed E-state index contributed by atoms with van der Waals surface area (Å²) in [5, 5.41) is 5.78. The van der Waals surface area contributed by atoms with Crippen molar-refractivity contribution in [3.05, 3.63) is 72.1 Å². The van der Waals surface area contributed by atoms with Crippen molar-refractivity contribution < 1.29 is 4.74 Å². The van der Waals surface area contributed by atoms with Crippen LogP contribution in [0.15, 0.2) is 65.8 Å². The number of ether oxygens (including phenoxy) is 1. The zero-order chi connectivity index (χ0) is 19.1. The molecule has 1 N–H and O–H groups in total. The summed E-state index contributed by atoms with van der Waals surface area (Å²) in [6.07, 6.45) is 1.85. The topological polar surface area (TPSA) is 49.8 Å². The number of fused-ring (bicyclic) bond motifs is 1. The van der Waals surface area contributed by atoms with Crippen LogP contribution < -0.4 is 10.1 Å². The Balaban J connectivity index is 0.00000280. The number of hydrogen-bond acceptors (Lipinski definition) is 3. The molecule has 0 bridgehead atoms. The fourth-order valence-electron chi connectivity index (χ4n) is 3.08. The van der Waals surface area contributed by atoms with E-state index in [0.717, 1.165) is 29.3 Å². The van der Waals surface area contributed by atoms with E-state index in [1.54, 1.807) is 7.05 Å². The molecule has 148 valence electrons. The van der Waals surface area contributed by atoms with Crippen LogP contribution in [-0.2, 0) is 13.1 Å². The van der Waals surface area contributed by atoms with Crippen LogP contribution in [0.3, 0.4) is 0 Å². The van der Waals surface area contributed by atoms with Crippen molar-refractivity contribution in [1.29, 1.82) is 0 Å². The van der Waals surface area contributed by atoms with Gasteiger partial charge in [-0.15, -0.1) is 24.0 Å². The number of hydrogen-bond donors (Lipinski definition) is 1. The standard InChI is InChI=1S/C22H26N4O.HI/c1-4-27-19-11-9-17(10-12-19)16-26(3)22(23-2)25-15-21-20-8-6-5-7-18(20)13-14-24-21;/h5-14H,4,15-16H2,1-3H3,(H,23,25);1H. The Hall–Kier alpha value is -2.35. The van der Waals surface area contributed by atoms with Crippen molar-refractivity contribution in [3.63, 3.8) is 0 Å². The molecule has 1 heterocycles. The minimum absolute atomic E-state index is 0. The second-order valence-corrected chi connectivity index (χ2v) is 6.31. The van der Waals surface area contributed by atoms with E-state index in [0.29, 0.717) is 13.2 Å². The molecule has 0 amide bonds. The summed E-state index contributed by atoms with van der Waals surface area (Å²) in [5.74, 6) is 1.73. The second-order valence-electron chi connectivity index (χ2n) is 6.31. The van der Waals surface area contributed by atoms with Crippen molar-refractivity contribution >= 4 is 40.7 Å². The molecule has 5 nitrogen and oxygen atoms in total. The third kappa shape index (κ3) is 5.58. The Kier molecular flexibility index (Phi) is 8.50. The van der Waals surface area contributed by atoms with E-state index < -0.39 is 0 Å². The average molecular weight is 490 g/mol. The van der Waals surface area contributed by atoms with E-state index in [2.05, 4.69) is 44.5 Å². The van der Waals surface area contributed by atoms with Crippen molar-refractivity contribution in [3.8, 4) is 5.75 Å². The summed E-state index contributed by atoms with van der Waals surface area (Å²) in [4.78, 5) is 11.0. The lowest BCUT2D eigenvalue weighted by atomic mass is 10.1. The molecule has 0 unspecified atom stereocenters. The van der Waals surface area contributed by atoms with Crippen LogP contribution in [0.1, 0.15) is 18.2 Å². The third-order valence-electron chi connectivity index (χ3n) is 4.40. The highest BCUT2D eigenvalue weighted by Crippen LogP contribution is 2.16. The second kappa shape index (κ2) is 10.8. The molecule has 3 rings (SSSR count).